The van der Waals surface area contributed by atoms with Crippen LogP contribution in [-0.4, -0.2) is 49.3 Å². The molecular weight excluding hydrogens is 506 g/mol. The number of hydrogen-bond donors (Lipinski definition) is 2. The van der Waals surface area contributed by atoms with E-state index < -0.39 is 0 Å². The predicted octanol–water partition coefficient (Wildman–Crippen LogP) is 6.42. The van der Waals surface area contributed by atoms with Crippen LogP contribution >= 0.6 is 0 Å². The number of urea groups is 1. The van der Waals surface area contributed by atoms with E-state index in [1.54, 1.807) is 80.0 Å². The van der Waals surface area contributed by atoms with E-state index in [1.807, 2.05) is 0 Å². The lowest BCUT2D eigenvalue weighted by molar-refractivity contribution is 0.262. The normalized spacial score (nSPS) is 13.0. The molecule has 5 rings (SSSR count). The molecule has 0 bridgehead atoms. The van der Waals surface area contributed by atoms with Crippen molar-refractivity contribution in [3.63, 3.8) is 0 Å². The van der Waals surface area contributed by atoms with E-state index in [0.717, 1.165) is 26.1 Å². The fourth-order valence-electron chi connectivity index (χ4n) is 4.62. The van der Waals surface area contributed by atoms with Crippen LogP contribution in [0.25, 0.3) is 10.9 Å². The number of carbonyl (C=O) groups excluding carboxylic acids is 1. The van der Waals surface area contributed by atoms with Gasteiger partial charge in [0.25, 0.3) is 0 Å². The Bertz CT molecular complexity index is 1490. The minimum Gasteiger partial charge on any atom is -0.497 e. The number of amides is 2. The Kier molecular flexibility index (Phi) is 8.59. The maximum atomic E-state index is 12.4. The number of aromatic nitrogens is 1. The van der Waals surface area contributed by atoms with Crippen LogP contribution in [-0.2, 0) is 0 Å². The van der Waals surface area contributed by atoms with Crippen LogP contribution in [0.4, 0.5) is 16.2 Å². The first-order valence-corrected chi connectivity index (χ1v) is 13.3. The molecule has 3 aromatic carbocycles. The summed E-state index contributed by atoms with van der Waals surface area (Å²) in [6, 6.07) is 21.3. The number of nitriles is 1. The second-order valence-corrected chi connectivity index (χ2v) is 9.47. The zero-order valence-electron chi connectivity index (χ0n) is 22.4. The van der Waals surface area contributed by atoms with Crippen LogP contribution in [0.15, 0.2) is 72.9 Å². The molecule has 204 valence electrons. The highest BCUT2D eigenvalue weighted by Crippen LogP contribution is 2.33. The van der Waals surface area contributed by atoms with Gasteiger partial charge in [-0.3, -0.25) is 4.98 Å². The maximum absolute atomic E-state index is 12.4. The second kappa shape index (κ2) is 12.8. The van der Waals surface area contributed by atoms with Gasteiger partial charge < -0.3 is 29.7 Å². The van der Waals surface area contributed by atoms with E-state index in [1.165, 1.54) is 12.8 Å². The van der Waals surface area contributed by atoms with Crippen LogP contribution < -0.4 is 24.8 Å². The molecule has 9 nitrogen and oxygen atoms in total. The molecule has 1 fully saturated rings. The van der Waals surface area contributed by atoms with Crippen LogP contribution in [0.3, 0.4) is 0 Å². The van der Waals surface area contributed by atoms with Gasteiger partial charge in [-0.25, -0.2) is 4.79 Å². The number of likely N-dealkylation sites (tertiary alicyclic amines) is 1. The summed E-state index contributed by atoms with van der Waals surface area (Å²) >= 11 is 0. The van der Waals surface area contributed by atoms with Gasteiger partial charge in [0.15, 0.2) is 0 Å². The van der Waals surface area contributed by atoms with Crippen LogP contribution in [0.2, 0.25) is 0 Å². The Hall–Kier alpha value is -4.81. The highest BCUT2D eigenvalue weighted by atomic mass is 16.5. The lowest BCUT2D eigenvalue weighted by Crippen LogP contribution is -2.22. The number of nitrogens with one attached hydrogen (secondary N) is 2. The van der Waals surface area contributed by atoms with Crippen molar-refractivity contribution >= 4 is 28.3 Å². The average molecular weight is 538 g/mol. The number of pyridine rings is 1. The van der Waals surface area contributed by atoms with E-state index in [0.29, 0.717) is 57.4 Å². The minimum absolute atomic E-state index is 0.364. The van der Waals surface area contributed by atoms with Crippen molar-refractivity contribution in [2.45, 2.75) is 19.3 Å². The van der Waals surface area contributed by atoms with Crippen molar-refractivity contribution < 1.29 is 19.0 Å². The molecule has 4 aromatic rings. The third kappa shape index (κ3) is 6.79. The van der Waals surface area contributed by atoms with Gasteiger partial charge in [-0.2, -0.15) is 5.26 Å². The highest BCUT2D eigenvalue weighted by Gasteiger charge is 2.13. The fraction of sp³-hybridized carbons (Fsp3) is 0.258. The molecule has 1 aliphatic rings. The summed E-state index contributed by atoms with van der Waals surface area (Å²) in [7, 11) is 1.59. The number of hydrogen-bond acceptors (Lipinski definition) is 7. The lowest BCUT2D eigenvalue weighted by Gasteiger charge is -2.15. The fourth-order valence-corrected chi connectivity index (χ4v) is 4.62. The van der Waals surface area contributed by atoms with Crippen LogP contribution in [0, 0.1) is 11.3 Å². The zero-order valence-corrected chi connectivity index (χ0v) is 22.4. The Morgan fingerprint density at radius 3 is 2.27 bits per heavy atom. The molecular formula is C31H31N5O4. The highest BCUT2D eigenvalue weighted by molar-refractivity contribution is 5.99. The Labute approximate surface area is 233 Å². The maximum Gasteiger partial charge on any atom is 0.323 e. The van der Waals surface area contributed by atoms with E-state index in [4.69, 9.17) is 14.2 Å². The van der Waals surface area contributed by atoms with E-state index >= 15 is 0 Å². The van der Waals surface area contributed by atoms with Crippen molar-refractivity contribution in [1.82, 2.24) is 9.88 Å². The van der Waals surface area contributed by atoms with Gasteiger partial charge in [-0.1, -0.05) is 0 Å². The number of fused-ring (bicyclic) bond motifs is 1. The molecule has 1 aliphatic heterocycles. The summed E-state index contributed by atoms with van der Waals surface area (Å²) in [4.78, 5) is 19.3. The second-order valence-electron chi connectivity index (χ2n) is 9.47. The van der Waals surface area contributed by atoms with Gasteiger partial charge in [-0.05, 0) is 93.0 Å². The van der Waals surface area contributed by atoms with E-state index in [-0.39, 0.29) is 6.03 Å². The number of methoxy groups -OCH3 is 1. The number of carbonyl (C=O) groups is 1. The predicted molar refractivity (Wildman–Crippen MR) is 154 cm³/mol. The molecule has 9 heteroatoms. The first-order valence-electron chi connectivity index (χ1n) is 13.3. The van der Waals surface area contributed by atoms with E-state index in [9.17, 15) is 10.1 Å². The zero-order chi connectivity index (χ0) is 27.7. The topological polar surface area (TPSA) is 109 Å². The summed E-state index contributed by atoms with van der Waals surface area (Å²) in [6.45, 7) is 3.87. The molecule has 2 amide bonds. The molecule has 2 heterocycles. The standard InChI is InChI=1S/C31H31N5O4/c1-38-25-9-5-23(6-10-25)34-31(37)35-24-7-11-26(12-8-24)40-29-13-14-33-28-20-30(22(21-32)19-27(28)29)39-18-4-17-36-15-2-3-16-36/h5-14,19-20H,2-4,15-18H2,1H3,(H2,34,35,37). The molecule has 0 spiro atoms. The van der Waals surface area contributed by atoms with Gasteiger partial charge >= 0.3 is 6.03 Å². The first-order chi connectivity index (χ1) is 19.6. The number of anilines is 2. The molecule has 0 saturated carbocycles. The Balaban J connectivity index is 1.21. The quantitative estimate of drug-likeness (QED) is 0.225. The third-order valence-corrected chi connectivity index (χ3v) is 6.69. The van der Waals surface area contributed by atoms with Crippen LogP contribution in [0.5, 0.6) is 23.0 Å². The molecule has 0 unspecified atom stereocenters. The summed E-state index contributed by atoms with van der Waals surface area (Å²) < 4.78 is 17.2. The Morgan fingerprint density at radius 2 is 1.62 bits per heavy atom. The smallest absolute Gasteiger partial charge is 0.323 e. The number of ether oxygens (including phenoxy) is 3. The summed E-state index contributed by atoms with van der Waals surface area (Å²) in [5.41, 5.74) is 2.37. The molecule has 0 aliphatic carbocycles. The van der Waals surface area contributed by atoms with Crippen molar-refractivity contribution in [3.8, 4) is 29.1 Å². The number of benzene rings is 3. The van der Waals surface area contributed by atoms with Crippen LogP contribution in [0.1, 0.15) is 24.8 Å². The van der Waals surface area contributed by atoms with Crippen molar-refractivity contribution in [2.24, 2.45) is 0 Å². The van der Waals surface area contributed by atoms with Crippen molar-refractivity contribution in [3.05, 3.63) is 78.5 Å². The summed E-state index contributed by atoms with van der Waals surface area (Å²) in [5, 5.41) is 16.1. The molecule has 1 aromatic heterocycles. The Morgan fingerprint density at radius 1 is 0.950 bits per heavy atom. The van der Waals surface area contributed by atoms with Gasteiger partial charge in [-0.15, -0.1) is 0 Å². The number of rotatable bonds is 10. The third-order valence-electron chi connectivity index (χ3n) is 6.69. The van der Waals surface area contributed by atoms with E-state index in [2.05, 4.69) is 26.6 Å². The largest absolute Gasteiger partial charge is 0.497 e. The average Bonchev–Trinajstić information content (AvgIpc) is 3.50. The summed E-state index contributed by atoms with van der Waals surface area (Å²) in [5.74, 6) is 2.39. The van der Waals surface area contributed by atoms with Gasteiger partial charge in [0.1, 0.15) is 29.1 Å². The molecule has 40 heavy (non-hydrogen) atoms. The minimum atomic E-state index is -0.364. The van der Waals surface area contributed by atoms with Gasteiger partial charge in [0.2, 0.25) is 0 Å². The van der Waals surface area contributed by atoms with Crippen molar-refractivity contribution in [2.75, 3.05) is 44.0 Å². The number of nitrogens with zero attached hydrogens (tertiary/aromatic N) is 3. The SMILES string of the molecule is COc1ccc(NC(=O)Nc2ccc(Oc3ccnc4cc(OCCCN5CCCC5)c(C#N)cc34)cc2)cc1. The molecule has 0 atom stereocenters. The van der Waals surface area contributed by atoms with Gasteiger partial charge in [0, 0.05) is 35.6 Å². The molecule has 1 saturated heterocycles. The van der Waals surface area contributed by atoms with Crippen molar-refractivity contribution in [1.29, 1.82) is 5.26 Å². The summed E-state index contributed by atoms with van der Waals surface area (Å²) in [6.07, 6.45) is 5.11. The molecule has 2 N–H and O–H groups in total. The van der Waals surface area contributed by atoms with Gasteiger partial charge in [0.05, 0.1) is 24.8 Å². The monoisotopic (exact) mass is 537 g/mol. The molecule has 0 radical (unpaired) electrons. The lowest BCUT2D eigenvalue weighted by atomic mass is 10.1. The first kappa shape index (κ1) is 26.8.